The lowest BCUT2D eigenvalue weighted by Crippen LogP contribution is -2.48. The molecule has 0 amide bonds. The molecule has 0 aliphatic heterocycles. The first-order chi connectivity index (χ1) is 8.99. The fourth-order valence-electron chi connectivity index (χ4n) is 3.47. The molecule has 0 bridgehead atoms. The highest BCUT2D eigenvalue weighted by Crippen LogP contribution is 2.35. The van der Waals surface area contributed by atoms with Gasteiger partial charge in [0.1, 0.15) is 0 Å². The normalized spacial score (nSPS) is 24.8. The van der Waals surface area contributed by atoms with Crippen molar-refractivity contribution in [3.05, 3.63) is 0 Å². The van der Waals surface area contributed by atoms with Crippen LogP contribution < -0.4 is 5.32 Å². The van der Waals surface area contributed by atoms with E-state index >= 15 is 0 Å². The third-order valence-electron chi connectivity index (χ3n) is 4.81. The van der Waals surface area contributed by atoms with Crippen LogP contribution in [0.1, 0.15) is 78.6 Å². The fourth-order valence-corrected chi connectivity index (χ4v) is 3.47. The van der Waals surface area contributed by atoms with E-state index in [1.807, 2.05) is 0 Å². The van der Waals surface area contributed by atoms with Gasteiger partial charge in [0.25, 0.3) is 0 Å². The maximum Gasteiger partial charge on any atom is 0.0806 e. The molecule has 0 aromatic carbocycles. The lowest BCUT2D eigenvalue weighted by molar-refractivity contribution is -0.0620. The maximum atomic E-state index is 6.46. The third kappa shape index (κ3) is 5.07. The molecule has 0 saturated heterocycles. The monoisotopic (exact) mass is 267 g/mol. The minimum absolute atomic E-state index is 0.144. The Morgan fingerprint density at radius 1 is 1.00 bits per heavy atom. The summed E-state index contributed by atoms with van der Waals surface area (Å²) in [6, 6.07) is 0. The van der Waals surface area contributed by atoms with E-state index in [4.69, 9.17) is 4.74 Å². The van der Waals surface area contributed by atoms with E-state index in [-0.39, 0.29) is 11.1 Å². The van der Waals surface area contributed by atoms with Crippen LogP contribution in [0.15, 0.2) is 0 Å². The molecule has 0 atom stereocenters. The first kappa shape index (κ1) is 15.3. The predicted octanol–water partition coefficient (Wildman–Crippen LogP) is 4.28. The maximum absolute atomic E-state index is 6.46. The largest absolute Gasteiger partial charge is 0.373 e. The molecule has 2 aliphatic rings. The Hall–Kier alpha value is -0.0800. The molecule has 19 heavy (non-hydrogen) atoms. The summed E-state index contributed by atoms with van der Waals surface area (Å²) in [5, 5.41) is 3.67. The smallest absolute Gasteiger partial charge is 0.0806 e. The lowest BCUT2D eigenvalue weighted by Gasteiger charge is -2.35. The fraction of sp³-hybridized carbons (Fsp3) is 1.00. The molecule has 112 valence electrons. The topological polar surface area (TPSA) is 21.3 Å². The van der Waals surface area contributed by atoms with Crippen LogP contribution in [0, 0.1) is 5.92 Å². The zero-order valence-electron chi connectivity index (χ0n) is 13.3. The van der Waals surface area contributed by atoms with Crippen molar-refractivity contribution in [1.29, 1.82) is 0 Å². The summed E-state index contributed by atoms with van der Waals surface area (Å²) >= 11 is 0. The Morgan fingerprint density at radius 3 is 2.21 bits per heavy atom. The zero-order chi connectivity index (χ0) is 13.8. The van der Waals surface area contributed by atoms with Gasteiger partial charge in [0, 0.05) is 12.1 Å². The van der Waals surface area contributed by atoms with E-state index in [2.05, 4.69) is 26.1 Å². The molecule has 0 heterocycles. The molecule has 1 N–H and O–H groups in total. The van der Waals surface area contributed by atoms with Crippen LogP contribution in [0.3, 0.4) is 0 Å². The van der Waals surface area contributed by atoms with Gasteiger partial charge in [-0.2, -0.15) is 0 Å². The average molecular weight is 267 g/mol. The van der Waals surface area contributed by atoms with Crippen molar-refractivity contribution in [2.75, 3.05) is 13.2 Å². The van der Waals surface area contributed by atoms with E-state index < -0.39 is 0 Å². The van der Waals surface area contributed by atoms with E-state index in [1.165, 1.54) is 57.8 Å². The van der Waals surface area contributed by atoms with Gasteiger partial charge >= 0.3 is 0 Å². The van der Waals surface area contributed by atoms with Crippen LogP contribution in [-0.2, 0) is 4.74 Å². The van der Waals surface area contributed by atoms with Crippen LogP contribution in [0.5, 0.6) is 0 Å². The van der Waals surface area contributed by atoms with Crippen molar-refractivity contribution in [1.82, 2.24) is 5.32 Å². The summed E-state index contributed by atoms with van der Waals surface area (Å²) in [6.07, 6.45) is 12.2. The zero-order valence-corrected chi connectivity index (χ0v) is 13.3. The molecule has 2 nitrogen and oxygen atoms in total. The number of hydrogen-bond acceptors (Lipinski definition) is 2. The molecule has 2 fully saturated rings. The Labute approximate surface area is 119 Å². The Balaban J connectivity index is 1.81. The third-order valence-corrected chi connectivity index (χ3v) is 4.81. The minimum atomic E-state index is 0.144. The summed E-state index contributed by atoms with van der Waals surface area (Å²) in [7, 11) is 0. The molecule has 2 rings (SSSR count). The molecule has 0 radical (unpaired) electrons. The average Bonchev–Trinajstić information content (AvgIpc) is 2.84. The molecule has 0 unspecified atom stereocenters. The van der Waals surface area contributed by atoms with E-state index in [0.29, 0.717) is 0 Å². The molecule has 0 aromatic rings. The van der Waals surface area contributed by atoms with Crippen molar-refractivity contribution in [2.24, 2.45) is 5.92 Å². The molecule has 2 heteroatoms. The first-order valence-electron chi connectivity index (χ1n) is 8.38. The molecular weight excluding hydrogens is 234 g/mol. The van der Waals surface area contributed by atoms with Gasteiger partial charge in [0.05, 0.1) is 12.2 Å². The second-order valence-electron chi connectivity index (χ2n) is 7.81. The molecule has 0 spiro atoms. The summed E-state index contributed by atoms with van der Waals surface area (Å²) in [6.45, 7) is 8.78. The van der Waals surface area contributed by atoms with Gasteiger partial charge in [0.15, 0.2) is 0 Å². The van der Waals surface area contributed by atoms with Crippen LogP contribution in [0.2, 0.25) is 0 Å². The predicted molar refractivity (Wildman–Crippen MR) is 81.5 cm³/mol. The molecular formula is C17H33NO. The second-order valence-corrected chi connectivity index (χ2v) is 7.81. The highest BCUT2D eigenvalue weighted by molar-refractivity contribution is 4.91. The standard InChI is InChI=1S/C17H33NO/c1-16(2,3)18-14-17(11-7-8-12-17)19-13-15-9-5-4-6-10-15/h15,18H,4-14H2,1-3H3. The Kier molecular flexibility index (Phi) is 5.30. The summed E-state index contributed by atoms with van der Waals surface area (Å²) < 4.78 is 6.46. The van der Waals surface area contributed by atoms with Crippen LogP contribution in [0.25, 0.3) is 0 Å². The van der Waals surface area contributed by atoms with Gasteiger partial charge in [-0.1, -0.05) is 32.1 Å². The first-order valence-corrected chi connectivity index (χ1v) is 8.38. The second kappa shape index (κ2) is 6.58. The summed E-state index contributed by atoms with van der Waals surface area (Å²) in [5.41, 5.74) is 0.342. The highest BCUT2D eigenvalue weighted by Gasteiger charge is 2.36. The molecule has 0 aromatic heterocycles. The van der Waals surface area contributed by atoms with Gasteiger partial charge in [0.2, 0.25) is 0 Å². The van der Waals surface area contributed by atoms with Crippen molar-refractivity contribution >= 4 is 0 Å². The number of ether oxygens (including phenoxy) is 1. The van der Waals surface area contributed by atoms with Crippen LogP contribution in [-0.4, -0.2) is 24.3 Å². The quantitative estimate of drug-likeness (QED) is 0.802. The minimum Gasteiger partial charge on any atom is -0.373 e. The number of rotatable bonds is 5. The van der Waals surface area contributed by atoms with Crippen molar-refractivity contribution in [3.8, 4) is 0 Å². The van der Waals surface area contributed by atoms with Gasteiger partial charge < -0.3 is 10.1 Å². The van der Waals surface area contributed by atoms with Crippen molar-refractivity contribution in [2.45, 2.75) is 89.7 Å². The van der Waals surface area contributed by atoms with Crippen LogP contribution in [0.4, 0.5) is 0 Å². The van der Waals surface area contributed by atoms with E-state index in [9.17, 15) is 0 Å². The van der Waals surface area contributed by atoms with Crippen molar-refractivity contribution < 1.29 is 4.74 Å². The number of hydrogen-bond donors (Lipinski definition) is 1. The summed E-state index contributed by atoms with van der Waals surface area (Å²) in [4.78, 5) is 0. The number of nitrogens with one attached hydrogen (secondary N) is 1. The van der Waals surface area contributed by atoms with E-state index in [0.717, 1.165) is 19.1 Å². The van der Waals surface area contributed by atoms with Gasteiger partial charge in [-0.3, -0.25) is 0 Å². The molecule has 2 aliphatic carbocycles. The van der Waals surface area contributed by atoms with Gasteiger partial charge in [-0.15, -0.1) is 0 Å². The Bertz CT molecular complexity index is 257. The highest BCUT2D eigenvalue weighted by atomic mass is 16.5. The lowest BCUT2D eigenvalue weighted by atomic mass is 9.89. The van der Waals surface area contributed by atoms with Gasteiger partial charge in [-0.05, 0) is 52.4 Å². The molecule has 2 saturated carbocycles. The Morgan fingerprint density at radius 2 is 1.63 bits per heavy atom. The summed E-state index contributed by atoms with van der Waals surface area (Å²) in [5.74, 6) is 0.834. The van der Waals surface area contributed by atoms with Crippen molar-refractivity contribution in [3.63, 3.8) is 0 Å². The van der Waals surface area contributed by atoms with E-state index in [1.54, 1.807) is 0 Å². The van der Waals surface area contributed by atoms with Crippen LogP contribution >= 0.6 is 0 Å². The van der Waals surface area contributed by atoms with Gasteiger partial charge in [-0.25, -0.2) is 0 Å². The SMILES string of the molecule is CC(C)(C)NCC1(OCC2CCCCC2)CCCC1.